The Morgan fingerprint density at radius 2 is 1.61 bits per heavy atom. The van der Waals surface area contributed by atoms with Crippen molar-refractivity contribution in [3.63, 3.8) is 0 Å². The van der Waals surface area contributed by atoms with Gasteiger partial charge in [-0.1, -0.05) is 35.9 Å². The SMILES string of the molecule is O=C(NS(=O)(=O)c1ccc(F)cc1)c1ccccc1OCc1ccc(Cl)cc1. The minimum absolute atomic E-state index is 0.0575. The lowest BCUT2D eigenvalue weighted by Crippen LogP contribution is -2.30. The van der Waals surface area contributed by atoms with Crippen LogP contribution in [0, 0.1) is 5.82 Å². The predicted octanol–water partition coefficient (Wildman–Crippen LogP) is 4.18. The van der Waals surface area contributed by atoms with E-state index in [1.807, 2.05) is 4.72 Å². The summed E-state index contributed by atoms with van der Waals surface area (Å²) in [7, 11) is -4.15. The zero-order valence-corrected chi connectivity index (χ0v) is 16.0. The molecule has 5 nitrogen and oxygen atoms in total. The van der Waals surface area contributed by atoms with Crippen molar-refractivity contribution in [1.29, 1.82) is 0 Å². The summed E-state index contributed by atoms with van der Waals surface area (Å²) in [5.74, 6) is -1.20. The van der Waals surface area contributed by atoms with E-state index in [9.17, 15) is 17.6 Å². The molecule has 3 aromatic carbocycles. The Hall–Kier alpha value is -2.90. The average molecular weight is 420 g/mol. The fourth-order valence-electron chi connectivity index (χ4n) is 2.37. The molecule has 0 fully saturated rings. The van der Waals surface area contributed by atoms with Gasteiger partial charge in [-0.3, -0.25) is 4.79 Å². The summed E-state index contributed by atoms with van der Waals surface area (Å²) in [6, 6.07) is 17.4. The number of hydrogen-bond acceptors (Lipinski definition) is 4. The summed E-state index contributed by atoms with van der Waals surface area (Å²) in [5, 5.41) is 0.592. The third kappa shape index (κ3) is 4.88. The number of ether oxygens (including phenoxy) is 1. The molecule has 8 heteroatoms. The van der Waals surface area contributed by atoms with Gasteiger partial charge in [-0.2, -0.15) is 0 Å². The molecule has 0 aliphatic heterocycles. The van der Waals surface area contributed by atoms with Gasteiger partial charge in [0.05, 0.1) is 10.5 Å². The summed E-state index contributed by atoms with van der Waals surface area (Å²) >= 11 is 5.84. The Kier molecular flexibility index (Phi) is 5.96. The van der Waals surface area contributed by atoms with Crippen LogP contribution in [0.2, 0.25) is 5.02 Å². The van der Waals surface area contributed by atoms with Crippen molar-refractivity contribution in [3.05, 3.63) is 94.8 Å². The van der Waals surface area contributed by atoms with E-state index >= 15 is 0 Å². The normalized spacial score (nSPS) is 11.1. The first-order valence-corrected chi connectivity index (χ1v) is 10.0. The Morgan fingerprint density at radius 3 is 2.29 bits per heavy atom. The van der Waals surface area contributed by atoms with Crippen molar-refractivity contribution < 1.29 is 22.3 Å². The number of sulfonamides is 1. The molecule has 0 saturated heterocycles. The van der Waals surface area contributed by atoms with Crippen LogP contribution in [-0.2, 0) is 16.6 Å². The van der Waals surface area contributed by atoms with Gasteiger partial charge < -0.3 is 4.74 Å². The summed E-state index contributed by atoms with van der Waals surface area (Å²) in [6.07, 6.45) is 0. The molecule has 1 amide bonds. The molecule has 0 atom stereocenters. The van der Waals surface area contributed by atoms with Gasteiger partial charge in [0.25, 0.3) is 15.9 Å². The second-order valence-electron chi connectivity index (χ2n) is 5.80. The number of halogens is 2. The average Bonchev–Trinajstić information content (AvgIpc) is 2.68. The maximum absolute atomic E-state index is 13.0. The highest BCUT2D eigenvalue weighted by atomic mass is 35.5. The van der Waals surface area contributed by atoms with E-state index in [1.165, 1.54) is 6.07 Å². The van der Waals surface area contributed by atoms with Crippen LogP contribution >= 0.6 is 11.6 Å². The van der Waals surface area contributed by atoms with Crippen molar-refractivity contribution >= 4 is 27.5 Å². The zero-order chi connectivity index (χ0) is 20.1. The molecule has 1 N–H and O–H groups in total. The monoisotopic (exact) mass is 419 g/mol. The first kappa shape index (κ1) is 19.9. The van der Waals surface area contributed by atoms with Crippen LogP contribution in [0.25, 0.3) is 0 Å². The van der Waals surface area contributed by atoms with E-state index in [4.69, 9.17) is 16.3 Å². The highest BCUT2D eigenvalue weighted by molar-refractivity contribution is 7.90. The van der Waals surface area contributed by atoms with Crippen LogP contribution in [0.1, 0.15) is 15.9 Å². The topological polar surface area (TPSA) is 72.5 Å². The number of hydrogen-bond donors (Lipinski definition) is 1. The quantitative estimate of drug-likeness (QED) is 0.650. The van der Waals surface area contributed by atoms with Crippen molar-refractivity contribution in [2.75, 3.05) is 0 Å². The number of nitrogens with one attached hydrogen (secondary N) is 1. The third-order valence-electron chi connectivity index (χ3n) is 3.79. The molecule has 28 heavy (non-hydrogen) atoms. The Bertz CT molecular complexity index is 1080. The molecular weight excluding hydrogens is 405 g/mol. The summed E-state index contributed by atoms with van der Waals surface area (Å²) in [4.78, 5) is 12.3. The molecule has 0 bridgehead atoms. The highest BCUT2D eigenvalue weighted by Crippen LogP contribution is 2.21. The van der Waals surface area contributed by atoms with Gasteiger partial charge in [-0.05, 0) is 54.1 Å². The number of carbonyl (C=O) groups excluding carboxylic acids is 1. The van der Waals surface area contributed by atoms with Crippen LogP contribution in [0.4, 0.5) is 4.39 Å². The predicted molar refractivity (Wildman–Crippen MR) is 103 cm³/mol. The molecule has 0 unspecified atom stereocenters. The number of amides is 1. The van der Waals surface area contributed by atoms with E-state index in [2.05, 4.69) is 0 Å². The lowest BCUT2D eigenvalue weighted by molar-refractivity contribution is 0.0977. The number of benzene rings is 3. The molecule has 0 aromatic heterocycles. The molecule has 0 spiro atoms. The smallest absolute Gasteiger partial charge is 0.268 e. The molecule has 0 saturated carbocycles. The Morgan fingerprint density at radius 1 is 0.964 bits per heavy atom. The second kappa shape index (κ2) is 8.41. The summed E-state index contributed by atoms with van der Waals surface area (Å²) < 4.78 is 45.3. The van der Waals surface area contributed by atoms with Crippen molar-refractivity contribution in [1.82, 2.24) is 4.72 Å². The van der Waals surface area contributed by atoms with E-state index in [1.54, 1.807) is 42.5 Å². The van der Waals surface area contributed by atoms with Gasteiger partial charge in [0.15, 0.2) is 0 Å². The Balaban J connectivity index is 1.76. The number of carbonyl (C=O) groups is 1. The maximum atomic E-state index is 13.0. The van der Waals surface area contributed by atoms with Crippen LogP contribution in [-0.4, -0.2) is 14.3 Å². The van der Waals surface area contributed by atoms with Crippen LogP contribution in [0.5, 0.6) is 5.75 Å². The molecule has 0 aliphatic carbocycles. The van der Waals surface area contributed by atoms with Crippen molar-refractivity contribution in [3.8, 4) is 5.75 Å². The first-order chi connectivity index (χ1) is 13.3. The molecule has 0 radical (unpaired) electrons. The number of para-hydroxylation sites is 1. The van der Waals surface area contributed by atoms with E-state index in [0.29, 0.717) is 5.02 Å². The van der Waals surface area contributed by atoms with E-state index in [0.717, 1.165) is 29.8 Å². The highest BCUT2D eigenvalue weighted by Gasteiger charge is 2.21. The fraction of sp³-hybridized carbons (Fsp3) is 0.0500. The van der Waals surface area contributed by atoms with E-state index in [-0.39, 0.29) is 22.8 Å². The molecule has 3 aromatic rings. The lowest BCUT2D eigenvalue weighted by atomic mass is 10.2. The zero-order valence-electron chi connectivity index (χ0n) is 14.4. The van der Waals surface area contributed by atoms with Crippen LogP contribution < -0.4 is 9.46 Å². The van der Waals surface area contributed by atoms with E-state index < -0.39 is 21.7 Å². The lowest BCUT2D eigenvalue weighted by Gasteiger charge is -2.12. The second-order valence-corrected chi connectivity index (χ2v) is 7.92. The minimum atomic E-state index is -4.15. The molecular formula is C20H15ClFNO4S. The summed E-state index contributed by atoms with van der Waals surface area (Å²) in [6.45, 7) is 0.173. The standard InChI is InChI=1S/C20H15ClFNO4S/c21-15-7-5-14(6-8-15)13-27-19-4-2-1-3-18(19)20(24)23-28(25,26)17-11-9-16(22)10-12-17/h1-12H,13H2,(H,23,24). The van der Waals surface area contributed by atoms with Crippen molar-refractivity contribution in [2.24, 2.45) is 0 Å². The van der Waals surface area contributed by atoms with Crippen LogP contribution in [0.15, 0.2) is 77.7 Å². The molecule has 0 heterocycles. The van der Waals surface area contributed by atoms with Gasteiger partial charge in [0.1, 0.15) is 18.2 Å². The minimum Gasteiger partial charge on any atom is -0.488 e. The summed E-state index contributed by atoms with van der Waals surface area (Å²) in [5.41, 5.74) is 0.890. The molecule has 144 valence electrons. The molecule has 0 aliphatic rings. The first-order valence-electron chi connectivity index (χ1n) is 8.14. The van der Waals surface area contributed by atoms with Gasteiger partial charge in [-0.15, -0.1) is 0 Å². The molecule has 3 rings (SSSR count). The Labute approximate surface area is 166 Å². The number of rotatable bonds is 6. The maximum Gasteiger partial charge on any atom is 0.268 e. The van der Waals surface area contributed by atoms with Gasteiger partial charge in [0.2, 0.25) is 0 Å². The van der Waals surface area contributed by atoms with Gasteiger partial charge >= 0.3 is 0 Å². The van der Waals surface area contributed by atoms with Gasteiger partial charge in [-0.25, -0.2) is 17.5 Å². The van der Waals surface area contributed by atoms with Gasteiger partial charge in [0, 0.05) is 5.02 Å². The fourth-order valence-corrected chi connectivity index (χ4v) is 3.46. The largest absolute Gasteiger partial charge is 0.488 e. The van der Waals surface area contributed by atoms with Crippen LogP contribution in [0.3, 0.4) is 0 Å². The third-order valence-corrected chi connectivity index (χ3v) is 5.39. The van der Waals surface area contributed by atoms with Crippen molar-refractivity contribution in [2.45, 2.75) is 11.5 Å².